The van der Waals surface area contributed by atoms with E-state index in [-0.39, 0.29) is 18.6 Å². The predicted octanol–water partition coefficient (Wildman–Crippen LogP) is 1.75. The molecule has 0 aliphatic carbocycles. The highest BCUT2D eigenvalue weighted by Crippen LogP contribution is 2.42. The van der Waals surface area contributed by atoms with Crippen LogP contribution < -0.4 is 4.90 Å². The molecule has 1 amide bonds. The van der Waals surface area contributed by atoms with Gasteiger partial charge in [0.2, 0.25) is 5.91 Å². The molecule has 0 radical (unpaired) electrons. The van der Waals surface area contributed by atoms with Crippen molar-refractivity contribution in [1.82, 2.24) is 14.9 Å². The third kappa shape index (κ3) is 2.57. The second-order valence-corrected chi connectivity index (χ2v) is 6.70. The monoisotopic (exact) mass is 338 g/mol. The van der Waals surface area contributed by atoms with Crippen LogP contribution in [-0.2, 0) is 15.1 Å². The molecule has 3 heterocycles. The van der Waals surface area contributed by atoms with Crippen molar-refractivity contribution in [3.05, 3.63) is 54.0 Å². The number of amides is 1. The first-order valence-electron chi connectivity index (χ1n) is 8.59. The Hall–Kier alpha value is -2.47. The van der Waals surface area contributed by atoms with Gasteiger partial charge < -0.3 is 14.5 Å². The standard InChI is InChI=1S/C19H22N4O2/c1-14-20-10-8-17(21-14)23-11-9-19(15-6-4-3-5-7-15)16(12-23)25-13-18(24)22(19)2/h3-8,10,16H,9,11-13H2,1-2H3/t16-,19+/m1/s1. The highest BCUT2D eigenvalue weighted by atomic mass is 16.5. The fourth-order valence-corrected chi connectivity index (χ4v) is 4.05. The summed E-state index contributed by atoms with van der Waals surface area (Å²) in [5.74, 6) is 1.71. The maximum atomic E-state index is 12.4. The Bertz CT molecular complexity index is 782. The largest absolute Gasteiger partial charge is 0.364 e. The van der Waals surface area contributed by atoms with Crippen molar-refractivity contribution in [3.63, 3.8) is 0 Å². The summed E-state index contributed by atoms with van der Waals surface area (Å²) in [6.45, 7) is 3.53. The molecular formula is C19H22N4O2. The van der Waals surface area contributed by atoms with Crippen molar-refractivity contribution in [1.29, 1.82) is 0 Å². The van der Waals surface area contributed by atoms with Crippen LogP contribution in [-0.4, -0.2) is 53.6 Å². The molecule has 2 fully saturated rings. The van der Waals surface area contributed by atoms with E-state index < -0.39 is 5.54 Å². The summed E-state index contributed by atoms with van der Waals surface area (Å²) in [7, 11) is 1.90. The zero-order valence-corrected chi connectivity index (χ0v) is 14.6. The fraction of sp³-hybridized carbons (Fsp3) is 0.421. The van der Waals surface area contributed by atoms with Crippen LogP contribution in [0, 0.1) is 6.92 Å². The SMILES string of the molecule is Cc1nccc(N2CC[C@]3(c4ccccc4)[C@@H](C2)OCC(=O)N3C)n1. The van der Waals surface area contributed by atoms with Crippen LogP contribution >= 0.6 is 0 Å². The van der Waals surface area contributed by atoms with E-state index in [1.165, 1.54) is 0 Å². The third-order valence-corrected chi connectivity index (χ3v) is 5.42. The van der Waals surface area contributed by atoms with Crippen molar-refractivity contribution < 1.29 is 9.53 Å². The lowest BCUT2D eigenvalue weighted by atomic mass is 9.76. The van der Waals surface area contributed by atoms with Gasteiger partial charge in [-0.3, -0.25) is 4.79 Å². The van der Waals surface area contributed by atoms with Crippen LogP contribution in [0.4, 0.5) is 5.82 Å². The number of piperidine rings is 1. The van der Waals surface area contributed by atoms with Crippen LogP contribution in [0.3, 0.4) is 0 Å². The molecule has 0 bridgehead atoms. The minimum absolute atomic E-state index is 0.0337. The van der Waals surface area contributed by atoms with Gasteiger partial charge >= 0.3 is 0 Å². The molecule has 2 atom stereocenters. The van der Waals surface area contributed by atoms with E-state index in [4.69, 9.17) is 4.74 Å². The van der Waals surface area contributed by atoms with Crippen molar-refractivity contribution in [2.45, 2.75) is 25.0 Å². The maximum Gasteiger partial charge on any atom is 0.249 e. The number of hydrogen-bond acceptors (Lipinski definition) is 5. The van der Waals surface area contributed by atoms with Gasteiger partial charge in [-0.2, -0.15) is 0 Å². The summed E-state index contributed by atoms with van der Waals surface area (Å²) >= 11 is 0. The second kappa shape index (κ2) is 6.11. The second-order valence-electron chi connectivity index (χ2n) is 6.70. The number of benzene rings is 1. The smallest absolute Gasteiger partial charge is 0.249 e. The molecule has 6 heteroatoms. The Labute approximate surface area is 147 Å². The van der Waals surface area contributed by atoms with Gasteiger partial charge in [0.25, 0.3) is 0 Å². The number of ether oxygens (including phenoxy) is 1. The van der Waals surface area contributed by atoms with Crippen molar-refractivity contribution in [2.75, 3.05) is 31.6 Å². The Morgan fingerprint density at radius 1 is 1.24 bits per heavy atom. The molecule has 2 aliphatic heterocycles. The van der Waals surface area contributed by atoms with E-state index >= 15 is 0 Å². The zero-order chi connectivity index (χ0) is 17.4. The number of nitrogens with zero attached hydrogens (tertiary/aromatic N) is 4. The van der Waals surface area contributed by atoms with E-state index in [1.54, 1.807) is 6.20 Å². The number of fused-ring (bicyclic) bond motifs is 1. The van der Waals surface area contributed by atoms with Crippen LogP contribution in [0.2, 0.25) is 0 Å². The Morgan fingerprint density at radius 3 is 2.80 bits per heavy atom. The van der Waals surface area contributed by atoms with Crippen molar-refractivity contribution >= 4 is 11.7 Å². The molecule has 0 saturated carbocycles. The van der Waals surface area contributed by atoms with Crippen molar-refractivity contribution in [2.24, 2.45) is 0 Å². The minimum atomic E-state index is -0.421. The Kier molecular flexibility index (Phi) is 3.92. The number of aryl methyl sites for hydroxylation is 1. The number of aromatic nitrogens is 2. The molecule has 130 valence electrons. The highest BCUT2D eigenvalue weighted by Gasteiger charge is 2.52. The molecule has 0 N–H and O–H groups in total. The summed E-state index contributed by atoms with van der Waals surface area (Å²) in [5.41, 5.74) is 0.712. The Morgan fingerprint density at radius 2 is 2.04 bits per heavy atom. The molecule has 2 aliphatic rings. The van der Waals surface area contributed by atoms with Gasteiger partial charge in [-0.1, -0.05) is 30.3 Å². The molecular weight excluding hydrogens is 316 g/mol. The van der Waals surface area contributed by atoms with E-state index in [2.05, 4.69) is 27.0 Å². The number of carbonyl (C=O) groups is 1. The number of carbonyl (C=O) groups excluding carboxylic acids is 1. The van der Waals surface area contributed by atoms with Gasteiger partial charge in [-0.15, -0.1) is 0 Å². The first-order valence-corrected chi connectivity index (χ1v) is 8.59. The summed E-state index contributed by atoms with van der Waals surface area (Å²) in [6.07, 6.45) is 2.49. The van der Waals surface area contributed by atoms with Gasteiger partial charge in [0.1, 0.15) is 24.4 Å². The molecule has 0 unspecified atom stereocenters. The molecule has 25 heavy (non-hydrogen) atoms. The minimum Gasteiger partial charge on any atom is -0.364 e. The number of morpholine rings is 1. The number of hydrogen-bond donors (Lipinski definition) is 0. The lowest BCUT2D eigenvalue weighted by molar-refractivity contribution is -0.173. The normalized spacial score (nSPS) is 26.5. The zero-order valence-electron chi connectivity index (χ0n) is 14.6. The topological polar surface area (TPSA) is 58.6 Å². The predicted molar refractivity (Wildman–Crippen MR) is 94.2 cm³/mol. The summed E-state index contributed by atoms with van der Waals surface area (Å²) in [6, 6.07) is 12.2. The average Bonchev–Trinajstić information content (AvgIpc) is 2.65. The number of rotatable bonds is 2. The van der Waals surface area contributed by atoms with E-state index in [1.807, 2.05) is 43.1 Å². The van der Waals surface area contributed by atoms with Gasteiger partial charge in [-0.05, 0) is 25.0 Å². The lowest BCUT2D eigenvalue weighted by Gasteiger charge is -2.55. The van der Waals surface area contributed by atoms with E-state index in [0.717, 1.165) is 30.2 Å². The van der Waals surface area contributed by atoms with Crippen LogP contribution in [0.25, 0.3) is 0 Å². The molecule has 0 spiro atoms. The van der Waals surface area contributed by atoms with Crippen molar-refractivity contribution in [3.8, 4) is 0 Å². The average molecular weight is 338 g/mol. The molecule has 1 aromatic heterocycles. The van der Waals surface area contributed by atoms with Gasteiger partial charge in [0.05, 0.1) is 5.54 Å². The molecule has 6 nitrogen and oxygen atoms in total. The molecule has 2 aromatic rings. The van der Waals surface area contributed by atoms with E-state index in [9.17, 15) is 4.79 Å². The van der Waals surface area contributed by atoms with Gasteiger partial charge in [0, 0.05) is 26.3 Å². The lowest BCUT2D eigenvalue weighted by Crippen LogP contribution is -2.67. The molecule has 4 rings (SSSR count). The van der Waals surface area contributed by atoms with Gasteiger partial charge in [-0.25, -0.2) is 9.97 Å². The van der Waals surface area contributed by atoms with Gasteiger partial charge in [0.15, 0.2) is 0 Å². The summed E-state index contributed by atoms with van der Waals surface area (Å²) < 4.78 is 6.03. The quantitative estimate of drug-likeness (QED) is 0.835. The fourth-order valence-electron chi connectivity index (χ4n) is 4.05. The maximum absolute atomic E-state index is 12.4. The molecule has 1 aromatic carbocycles. The first kappa shape index (κ1) is 16.0. The van der Waals surface area contributed by atoms with E-state index in [0.29, 0.717) is 6.54 Å². The highest BCUT2D eigenvalue weighted by molar-refractivity contribution is 5.79. The van der Waals surface area contributed by atoms with Crippen LogP contribution in [0.5, 0.6) is 0 Å². The van der Waals surface area contributed by atoms with Crippen LogP contribution in [0.15, 0.2) is 42.6 Å². The number of likely N-dealkylation sites (N-methyl/N-ethyl adjacent to an activating group) is 1. The summed E-state index contributed by atoms with van der Waals surface area (Å²) in [4.78, 5) is 25.2. The third-order valence-electron chi connectivity index (χ3n) is 5.42. The Balaban J connectivity index is 1.70. The first-order chi connectivity index (χ1) is 12.1. The summed E-state index contributed by atoms with van der Waals surface area (Å²) in [5, 5.41) is 0. The molecule has 2 saturated heterocycles. The number of anilines is 1. The van der Waals surface area contributed by atoms with Crippen LogP contribution in [0.1, 0.15) is 17.8 Å².